The summed E-state index contributed by atoms with van der Waals surface area (Å²) in [6.45, 7) is -0.740. The summed E-state index contributed by atoms with van der Waals surface area (Å²) in [5.41, 5.74) is -0.493. The van der Waals surface area contributed by atoms with Gasteiger partial charge in [0.1, 0.15) is 5.82 Å². The predicted molar refractivity (Wildman–Crippen MR) is 81.5 cm³/mol. The number of carboxylic acid groups (broad SMARTS) is 1. The highest BCUT2D eigenvalue weighted by atomic mass is 32.2. The number of carboxylic acids is 1. The standard InChI is InChI=1S/C15H14FNO6S/c16-11-3-1-9(2-4-11)7-24(22,23)8-10-5-17-13(15(20)21)14(19)12(10)6-18/h1-5,18-19H,6-8H2,(H,20,21). The van der Waals surface area contributed by atoms with Crippen LogP contribution in [-0.4, -0.2) is 34.7 Å². The Morgan fingerprint density at radius 2 is 1.79 bits per heavy atom. The van der Waals surface area contributed by atoms with Crippen LogP contribution in [0, 0.1) is 5.82 Å². The molecular formula is C15H14FNO6S. The number of hydrogen-bond acceptors (Lipinski definition) is 6. The summed E-state index contributed by atoms with van der Waals surface area (Å²) >= 11 is 0. The third-order valence-corrected chi connectivity index (χ3v) is 4.81. The molecule has 0 aliphatic heterocycles. The summed E-state index contributed by atoms with van der Waals surface area (Å²) in [7, 11) is -3.72. The molecule has 0 aliphatic rings. The molecule has 3 N–H and O–H groups in total. The second-order valence-electron chi connectivity index (χ2n) is 5.08. The normalized spacial score (nSPS) is 11.4. The molecule has 7 nitrogen and oxygen atoms in total. The van der Waals surface area contributed by atoms with Crippen molar-refractivity contribution in [3.8, 4) is 5.75 Å². The number of pyridine rings is 1. The summed E-state index contributed by atoms with van der Waals surface area (Å²) in [6.07, 6.45) is 0.997. The zero-order chi connectivity index (χ0) is 17.9. The fourth-order valence-corrected chi connectivity index (χ4v) is 3.68. The molecule has 0 bridgehead atoms. The molecule has 0 aliphatic carbocycles. The van der Waals surface area contributed by atoms with E-state index in [0.29, 0.717) is 5.56 Å². The molecule has 0 saturated carbocycles. The zero-order valence-electron chi connectivity index (χ0n) is 12.3. The van der Waals surface area contributed by atoms with E-state index in [0.717, 1.165) is 18.3 Å². The molecular weight excluding hydrogens is 341 g/mol. The summed E-state index contributed by atoms with van der Waals surface area (Å²) in [4.78, 5) is 14.4. The lowest BCUT2D eigenvalue weighted by Crippen LogP contribution is -2.12. The van der Waals surface area contributed by atoms with Gasteiger partial charge in [-0.2, -0.15) is 0 Å². The quantitative estimate of drug-likeness (QED) is 0.712. The average Bonchev–Trinajstić information content (AvgIpc) is 2.49. The van der Waals surface area contributed by atoms with Crippen LogP contribution in [0.3, 0.4) is 0 Å². The van der Waals surface area contributed by atoms with E-state index in [9.17, 15) is 27.8 Å². The lowest BCUT2D eigenvalue weighted by Gasteiger charge is -2.11. The smallest absolute Gasteiger partial charge is 0.358 e. The average molecular weight is 355 g/mol. The predicted octanol–water partition coefficient (Wildman–Crippen LogP) is 1.23. The minimum absolute atomic E-state index is 0.00196. The number of aromatic carboxylic acids is 1. The monoisotopic (exact) mass is 355 g/mol. The molecule has 1 heterocycles. The molecule has 0 fully saturated rings. The van der Waals surface area contributed by atoms with Crippen LogP contribution in [0.4, 0.5) is 4.39 Å². The minimum atomic E-state index is -3.72. The van der Waals surface area contributed by atoms with Crippen LogP contribution >= 0.6 is 0 Å². The maximum atomic E-state index is 12.9. The second-order valence-corrected chi connectivity index (χ2v) is 7.15. The third kappa shape index (κ3) is 4.06. The number of carbonyl (C=O) groups is 1. The first-order chi connectivity index (χ1) is 11.2. The Labute approximate surface area is 137 Å². The van der Waals surface area contributed by atoms with E-state index in [1.165, 1.54) is 12.1 Å². The van der Waals surface area contributed by atoms with Gasteiger partial charge in [0, 0.05) is 11.8 Å². The zero-order valence-corrected chi connectivity index (χ0v) is 13.1. The molecule has 0 saturated heterocycles. The Balaban J connectivity index is 2.30. The lowest BCUT2D eigenvalue weighted by molar-refractivity contribution is 0.0686. The van der Waals surface area contributed by atoms with Crippen LogP contribution in [0.15, 0.2) is 30.5 Å². The third-order valence-electron chi connectivity index (χ3n) is 3.28. The van der Waals surface area contributed by atoms with Gasteiger partial charge < -0.3 is 15.3 Å². The number of aliphatic hydroxyl groups is 1. The molecule has 9 heteroatoms. The molecule has 1 aromatic carbocycles. The minimum Gasteiger partial charge on any atom is -0.505 e. The Kier molecular flexibility index (Phi) is 5.15. The number of aliphatic hydroxyl groups excluding tert-OH is 1. The second kappa shape index (κ2) is 6.93. The van der Waals surface area contributed by atoms with Crippen LogP contribution in [-0.2, 0) is 27.9 Å². The van der Waals surface area contributed by atoms with Crippen LogP contribution in [0.25, 0.3) is 0 Å². The molecule has 0 amide bonds. The fraction of sp³-hybridized carbons (Fsp3) is 0.200. The van der Waals surface area contributed by atoms with Crippen LogP contribution in [0.2, 0.25) is 0 Å². The van der Waals surface area contributed by atoms with E-state index in [4.69, 9.17) is 5.11 Å². The molecule has 2 aromatic rings. The van der Waals surface area contributed by atoms with Crippen molar-refractivity contribution in [2.24, 2.45) is 0 Å². The molecule has 24 heavy (non-hydrogen) atoms. The summed E-state index contributed by atoms with van der Waals surface area (Å²) in [5, 5.41) is 28.0. The van der Waals surface area contributed by atoms with E-state index >= 15 is 0 Å². The number of nitrogens with zero attached hydrogens (tertiary/aromatic N) is 1. The molecule has 0 atom stereocenters. The van der Waals surface area contributed by atoms with Crippen molar-refractivity contribution in [3.05, 3.63) is 58.7 Å². The highest BCUT2D eigenvalue weighted by Gasteiger charge is 2.22. The number of sulfone groups is 1. The first kappa shape index (κ1) is 17.8. The maximum Gasteiger partial charge on any atom is 0.358 e. The van der Waals surface area contributed by atoms with Gasteiger partial charge in [-0.15, -0.1) is 0 Å². The van der Waals surface area contributed by atoms with Crippen molar-refractivity contribution in [1.29, 1.82) is 0 Å². The Morgan fingerprint density at radius 3 is 2.33 bits per heavy atom. The van der Waals surface area contributed by atoms with Crippen molar-refractivity contribution in [2.45, 2.75) is 18.1 Å². The van der Waals surface area contributed by atoms with Gasteiger partial charge in [0.15, 0.2) is 21.3 Å². The van der Waals surface area contributed by atoms with E-state index in [1.54, 1.807) is 0 Å². The van der Waals surface area contributed by atoms with Crippen molar-refractivity contribution in [3.63, 3.8) is 0 Å². The number of aromatic hydroxyl groups is 1. The van der Waals surface area contributed by atoms with Crippen molar-refractivity contribution < 1.29 is 32.9 Å². The first-order valence-electron chi connectivity index (χ1n) is 6.72. The lowest BCUT2D eigenvalue weighted by atomic mass is 10.1. The van der Waals surface area contributed by atoms with Gasteiger partial charge in [0.05, 0.1) is 18.1 Å². The van der Waals surface area contributed by atoms with Crippen molar-refractivity contribution in [2.75, 3.05) is 0 Å². The molecule has 1 aromatic heterocycles. The first-order valence-corrected chi connectivity index (χ1v) is 8.54. The molecule has 0 unspecified atom stereocenters. The summed E-state index contributed by atoms with van der Waals surface area (Å²) in [5.74, 6) is -3.68. The van der Waals surface area contributed by atoms with E-state index in [-0.39, 0.29) is 16.9 Å². The van der Waals surface area contributed by atoms with Gasteiger partial charge >= 0.3 is 5.97 Å². The topological polar surface area (TPSA) is 125 Å². The SMILES string of the molecule is O=C(O)c1ncc(CS(=O)(=O)Cc2ccc(F)cc2)c(CO)c1O. The fourth-order valence-electron chi connectivity index (χ4n) is 2.16. The maximum absolute atomic E-state index is 12.9. The van der Waals surface area contributed by atoms with Gasteiger partial charge in [-0.3, -0.25) is 0 Å². The molecule has 2 rings (SSSR count). The molecule has 128 valence electrons. The largest absolute Gasteiger partial charge is 0.505 e. The Morgan fingerprint density at radius 1 is 1.17 bits per heavy atom. The van der Waals surface area contributed by atoms with Crippen LogP contribution in [0.1, 0.15) is 27.2 Å². The molecule has 0 spiro atoms. The summed E-state index contributed by atoms with van der Waals surface area (Å²) < 4.78 is 37.4. The van der Waals surface area contributed by atoms with Gasteiger partial charge in [0.2, 0.25) is 0 Å². The van der Waals surface area contributed by atoms with Gasteiger partial charge in [-0.05, 0) is 23.3 Å². The highest BCUT2D eigenvalue weighted by molar-refractivity contribution is 7.89. The van der Waals surface area contributed by atoms with Gasteiger partial charge in [-0.1, -0.05) is 12.1 Å². The van der Waals surface area contributed by atoms with Crippen LogP contribution < -0.4 is 0 Å². The Bertz CT molecular complexity index is 864. The Hall–Kier alpha value is -2.52. The number of aromatic nitrogens is 1. The number of hydrogen-bond donors (Lipinski definition) is 3. The number of halogens is 1. The number of benzene rings is 1. The molecule has 0 radical (unpaired) electrons. The number of rotatable bonds is 6. The van der Waals surface area contributed by atoms with E-state index < -0.39 is 45.4 Å². The highest BCUT2D eigenvalue weighted by Crippen LogP contribution is 2.26. The van der Waals surface area contributed by atoms with Crippen molar-refractivity contribution >= 4 is 15.8 Å². The van der Waals surface area contributed by atoms with Gasteiger partial charge in [-0.25, -0.2) is 22.6 Å². The van der Waals surface area contributed by atoms with E-state index in [1.807, 2.05) is 0 Å². The van der Waals surface area contributed by atoms with Gasteiger partial charge in [0.25, 0.3) is 0 Å². The van der Waals surface area contributed by atoms with Crippen molar-refractivity contribution in [1.82, 2.24) is 4.98 Å². The summed E-state index contributed by atoms with van der Waals surface area (Å²) in [6, 6.07) is 4.95. The van der Waals surface area contributed by atoms with E-state index in [2.05, 4.69) is 4.98 Å². The van der Waals surface area contributed by atoms with Crippen LogP contribution in [0.5, 0.6) is 5.75 Å².